The molecular weight excluding hydrogens is 276 g/mol. The van der Waals surface area contributed by atoms with E-state index >= 15 is 0 Å². The van der Waals surface area contributed by atoms with Crippen LogP contribution in [0.2, 0.25) is 0 Å². The first-order chi connectivity index (χ1) is 11.3. The first-order valence-electron chi connectivity index (χ1n) is 11.1. The van der Waals surface area contributed by atoms with Gasteiger partial charge in [-0.2, -0.15) is 0 Å². The molecule has 0 aliphatic rings. The van der Waals surface area contributed by atoms with Gasteiger partial charge in [-0.3, -0.25) is 0 Å². The Morgan fingerprint density at radius 2 is 0.696 bits per heavy atom. The van der Waals surface area contributed by atoms with Crippen molar-refractivity contribution >= 4 is 0 Å². The highest BCUT2D eigenvalue weighted by molar-refractivity contribution is 4.51. The Kier molecular flexibility index (Phi) is 20.0. The van der Waals surface area contributed by atoms with Crippen LogP contribution in [0.25, 0.3) is 0 Å². The highest BCUT2D eigenvalue weighted by Crippen LogP contribution is 2.15. The van der Waals surface area contributed by atoms with Crippen molar-refractivity contribution in [3.63, 3.8) is 0 Å². The predicted octanol–water partition coefficient (Wildman–Crippen LogP) is 8.89. The highest BCUT2D eigenvalue weighted by Gasteiger charge is 1.96. The summed E-state index contributed by atoms with van der Waals surface area (Å²) in [6.07, 6.45) is 27.4. The van der Waals surface area contributed by atoms with E-state index in [0.717, 1.165) is 12.3 Å². The van der Waals surface area contributed by atoms with E-state index in [9.17, 15) is 0 Å². The van der Waals surface area contributed by atoms with Crippen LogP contribution in [-0.2, 0) is 0 Å². The van der Waals surface area contributed by atoms with Gasteiger partial charge < -0.3 is 0 Å². The molecule has 0 atom stereocenters. The van der Waals surface area contributed by atoms with Gasteiger partial charge in [-0.1, -0.05) is 143 Å². The Morgan fingerprint density at radius 3 is 0.957 bits per heavy atom. The summed E-state index contributed by atoms with van der Waals surface area (Å²) in [5.74, 6) is 0.897. The molecular formula is C23H47. The predicted molar refractivity (Wildman–Crippen MR) is 108 cm³/mol. The maximum Gasteiger partial charge on any atom is -0.0471 e. The molecule has 0 N–H and O–H groups in total. The third-order valence-corrected chi connectivity index (χ3v) is 5.03. The van der Waals surface area contributed by atoms with Gasteiger partial charge >= 0.3 is 0 Å². The zero-order valence-electron chi connectivity index (χ0n) is 16.7. The molecule has 139 valence electrons. The summed E-state index contributed by atoms with van der Waals surface area (Å²) in [5.41, 5.74) is 0. The molecule has 0 aliphatic heterocycles. The lowest BCUT2D eigenvalue weighted by atomic mass is 10.0. The van der Waals surface area contributed by atoms with E-state index < -0.39 is 0 Å². The fourth-order valence-corrected chi connectivity index (χ4v) is 3.38. The SMILES string of the molecule is [CH2]CCCCCCCCCCCCCCCCCCCC(C)C. The van der Waals surface area contributed by atoms with E-state index in [-0.39, 0.29) is 0 Å². The smallest absolute Gasteiger partial charge is 0.0471 e. The second-order valence-electron chi connectivity index (χ2n) is 8.05. The Morgan fingerprint density at radius 1 is 0.435 bits per heavy atom. The third-order valence-electron chi connectivity index (χ3n) is 5.03. The minimum atomic E-state index is 0.897. The number of rotatable bonds is 19. The van der Waals surface area contributed by atoms with Crippen LogP contribution < -0.4 is 0 Å². The Bertz CT molecular complexity index is 194. The number of hydrogen-bond acceptors (Lipinski definition) is 0. The van der Waals surface area contributed by atoms with Crippen LogP contribution in [0, 0.1) is 12.8 Å². The molecule has 0 unspecified atom stereocenters. The molecule has 0 fully saturated rings. The number of hydrogen-bond donors (Lipinski definition) is 0. The van der Waals surface area contributed by atoms with Gasteiger partial charge in [0.1, 0.15) is 0 Å². The van der Waals surface area contributed by atoms with Crippen LogP contribution in [0.15, 0.2) is 0 Å². The summed E-state index contributed by atoms with van der Waals surface area (Å²) in [4.78, 5) is 0. The van der Waals surface area contributed by atoms with Gasteiger partial charge in [-0.25, -0.2) is 0 Å². The minimum absolute atomic E-state index is 0.897. The first kappa shape index (κ1) is 23.0. The summed E-state index contributed by atoms with van der Waals surface area (Å²) in [6, 6.07) is 0. The first-order valence-corrected chi connectivity index (χ1v) is 11.1. The van der Waals surface area contributed by atoms with Gasteiger partial charge in [0.2, 0.25) is 0 Å². The molecule has 0 rings (SSSR count). The molecule has 23 heavy (non-hydrogen) atoms. The summed E-state index contributed by atoms with van der Waals surface area (Å²) in [7, 11) is 0. The normalized spacial score (nSPS) is 11.5. The average molecular weight is 324 g/mol. The molecule has 0 aliphatic carbocycles. The zero-order valence-corrected chi connectivity index (χ0v) is 16.7. The van der Waals surface area contributed by atoms with E-state index in [4.69, 9.17) is 0 Å². The summed E-state index contributed by atoms with van der Waals surface area (Å²) in [6.45, 7) is 8.58. The van der Waals surface area contributed by atoms with E-state index in [1.807, 2.05) is 0 Å². The van der Waals surface area contributed by atoms with E-state index in [0.29, 0.717) is 0 Å². The molecule has 0 aromatic heterocycles. The largest absolute Gasteiger partial charge is 0.0628 e. The topological polar surface area (TPSA) is 0 Å². The lowest BCUT2D eigenvalue weighted by Crippen LogP contribution is -1.87. The Hall–Kier alpha value is 0. The van der Waals surface area contributed by atoms with Crippen LogP contribution in [0.4, 0.5) is 0 Å². The standard InChI is InChI=1S/C23H47/c1-4-5-6-7-8-9-10-11-12-13-14-15-16-17-18-19-20-21-22-23(2)3/h23H,1,4-22H2,2-3H3. The fraction of sp³-hybridized carbons (Fsp3) is 0.957. The molecule has 0 nitrogen and oxygen atoms in total. The monoisotopic (exact) mass is 323 g/mol. The van der Waals surface area contributed by atoms with Gasteiger partial charge in [0.15, 0.2) is 0 Å². The molecule has 0 saturated heterocycles. The lowest BCUT2D eigenvalue weighted by molar-refractivity contribution is 0.501. The van der Waals surface area contributed by atoms with Crippen molar-refractivity contribution in [2.24, 2.45) is 5.92 Å². The molecule has 0 aromatic rings. The second kappa shape index (κ2) is 20.0. The highest BCUT2D eigenvalue weighted by atomic mass is 14.0. The molecule has 0 aromatic carbocycles. The summed E-state index contributed by atoms with van der Waals surface area (Å²) < 4.78 is 0. The third kappa shape index (κ3) is 22.0. The van der Waals surface area contributed by atoms with Crippen LogP contribution in [0.5, 0.6) is 0 Å². The van der Waals surface area contributed by atoms with Gasteiger partial charge in [0.05, 0.1) is 0 Å². The lowest BCUT2D eigenvalue weighted by Gasteiger charge is -2.05. The van der Waals surface area contributed by atoms with Gasteiger partial charge in [0.25, 0.3) is 0 Å². The van der Waals surface area contributed by atoms with Gasteiger partial charge in [-0.15, -0.1) is 0 Å². The molecule has 0 heteroatoms. The van der Waals surface area contributed by atoms with E-state index in [1.54, 1.807) is 0 Å². The molecule has 0 bridgehead atoms. The second-order valence-corrected chi connectivity index (χ2v) is 8.05. The maximum absolute atomic E-state index is 3.90. The molecule has 0 saturated carbocycles. The molecule has 0 heterocycles. The van der Waals surface area contributed by atoms with Crippen molar-refractivity contribution < 1.29 is 0 Å². The van der Waals surface area contributed by atoms with Crippen molar-refractivity contribution in [1.29, 1.82) is 0 Å². The summed E-state index contributed by atoms with van der Waals surface area (Å²) >= 11 is 0. The van der Waals surface area contributed by atoms with Gasteiger partial charge in [0, 0.05) is 0 Å². The van der Waals surface area contributed by atoms with Crippen molar-refractivity contribution in [2.75, 3.05) is 0 Å². The fourth-order valence-electron chi connectivity index (χ4n) is 3.38. The van der Waals surface area contributed by atoms with E-state index in [2.05, 4.69) is 20.8 Å². The van der Waals surface area contributed by atoms with Crippen molar-refractivity contribution in [2.45, 2.75) is 136 Å². The van der Waals surface area contributed by atoms with Crippen molar-refractivity contribution in [1.82, 2.24) is 0 Å². The molecule has 0 spiro atoms. The van der Waals surface area contributed by atoms with Crippen LogP contribution >= 0.6 is 0 Å². The van der Waals surface area contributed by atoms with Crippen molar-refractivity contribution in [3.05, 3.63) is 6.92 Å². The van der Waals surface area contributed by atoms with Crippen LogP contribution in [0.1, 0.15) is 136 Å². The van der Waals surface area contributed by atoms with Crippen LogP contribution in [0.3, 0.4) is 0 Å². The Labute approximate surface area is 149 Å². The van der Waals surface area contributed by atoms with Crippen LogP contribution in [-0.4, -0.2) is 0 Å². The molecule has 1 radical (unpaired) electrons. The zero-order chi connectivity index (χ0) is 17.0. The average Bonchev–Trinajstić information content (AvgIpc) is 2.53. The van der Waals surface area contributed by atoms with Crippen molar-refractivity contribution in [3.8, 4) is 0 Å². The Balaban J connectivity index is 2.95. The quantitative estimate of drug-likeness (QED) is 0.208. The van der Waals surface area contributed by atoms with Gasteiger partial charge in [-0.05, 0) is 5.92 Å². The summed E-state index contributed by atoms with van der Waals surface area (Å²) in [5, 5.41) is 0. The maximum atomic E-state index is 3.90. The molecule has 0 amide bonds. The van der Waals surface area contributed by atoms with E-state index in [1.165, 1.54) is 116 Å². The number of unbranched alkanes of at least 4 members (excludes halogenated alkanes) is 17. The minimum Gasteiger partial charge on any atom is -0.0628 e.